The molecule has 0 aromatic carbocycles. The maximum Gasteiger partial charge on any atom is 0.306 e. The third-order valence-corrected chi connectivity index (χ3v) is 9.35. The maximum absolute atomic E-state index is 12.8. The van der Waals surface area contributed by atoms with Gasteiger partial charge < -0.3 is 14.2 Å². The molecule has 0 aromatic rings. The SMILES string of the molecule is CC/C=C\C/C=C\C/C=C\C/C=C\C/C=C\C/C=C\CCCOCC(COC(=O)CCCCC/C=C\C/C=C\C/C=C\CC)OC(=O)CCCCC/C=C\C/C=C\C/C=C\CC. The first kappa shape index (κ1) is 57.8. The van der Waals surface area contributed by atoms with Gasteiger partial charge in [-0.15, -0.1) is 0 Å². The van der Waals surface area contributed by atoms with Gasteiger partial charge in [0.05, 0.1) is 6.61 Å². The first-order valence-corrected chi connectivity index (χ1v) is 24.4. The predicted octanol–water partition coefficient (Wildman–Crippen LogP) is 16.6. The van der Waals surface area contributed by atoms with Gasteiger partial charge in [0.25, 0.3) is 0 Å². The van der Waals surface area contributed by atoms with E-state index in [1.165, 1.54) is 0 Å². The fraction of sp³-hybridized carbons (Fsp3) is 0.544. The lowest BCUT2D eigenvalue weighted by molar-refractivity contribution is -0.163. The highest BCUT2D eigenvalue weighted by Gasteiger charge is 2.17. The topological polar surface area (TPSA) is 61.8 Å². The quantitative estimate of drug-likeness (QED) is 0.0348. The van der Waals surface area contributed by atoms with Gasteiger partial charge >= 0.3 is 11.9 Å². The van der Waals surface area contributed by atoms with E-state index in [2.05, 4.69) is 167 Å². The Kier molecular flexibility index (Phi) is 47.7. The van der Waals surface area contributed by atoms with Crippen molar-refractivity contribution in [2.45, 2.75) is 181 Å². The van der Waals surface area contributed by atoms with Crippen LogP contribution in [-0.4, -0.2) is 37.9 Å². The van der Waals surface area contributed by atoms with E-state index < -0.39 is 6.10 Å². The molecule has 1 unspecified atom stereocenters. The Labute approximate surface area is 381 Å². The molecule has 0 radical (unpaired) electrons. The van der Waals surface area contributed by atoms with Gasteiger partial charge in [-0.05, 0) is 128 Å². The summed E-state index contributed by atoms with van der Waals surface area (Å²) in [5.41, 5.74) is 0. The summed E-state index contributed by atoms with van der Waals surface area (Å²) < 4.78 is 17.2. The number of rotatable bonds is 42. The fourth-order valence-corrected chi connectivity index (χ4v) is 5.85. The summed E-state index contributed by atoms with van der Waals surface area (Å²) >= 11 is 0. The Balaban J connectivity index is 4.48. The van der Waals surface area contributed by atoms with Gasteiger partial charge in [0, 0.05) is 19.4 Å². The number of esters is 2. The molecule has 1 atom stereocenters. The molecule has 62 heavy (non-hydrogen) atoms. The molecule has 0 amide bonds. The van der Waals surface area contributed by atoms with Crippen LogP contribution in [0.5, 0.6) is 0 Å². The average molecular weight is 853 g/mol. The van der Waals surface area contributed by atoms with Crippen molar-refractivity contribution in [1.82, 2.24) is 0 Å². The van der Waals surface area contributed by atoms with Crippen molar-refractivity contribution < 1.29 is 23.8 Å². The third-order valence-electron chi connectivity index (χ3n) is 9.35. The number of unbranched alkanes of at least 4 members (excludes halogenated alkanes) is 7. The van der Waals surface area contributed by atoms with Crippen LogP contribution in [0.1, 0.15) is 175 Å². The van der Waals surface area contributed by atoms with E-state index in [1.807, 2.05) is 0 Å². The van der Waals surface area contributed by atoms with Crippen molar-refractivity contribution >= 4 is 11.9 Å². The van der Waals surface area contributed by atoms with Gasteiger partial charge in [-0.2, -0.15) is 0 Å². The molecule has 0 aliphatic heterocycles. The highest BCUT2D eigenvalue weighted by Crippen LogP contribution is 2.10. The summed E-state index contributed by atoms with van der Waals surface area (Å²) in [5, 5.41) is 0. The fourth-order valence-electron chi connectivity index (χ4n) is 5.85. The highest BCUT2D eigenvalue weighted by molar-refractivity contribution is 5.70. The average Bonchev–Trinajstić information content (AvgIpc) is 3.27. The molecule has 0 saturated heterocycles. The summed E-state index contributed by atoms with van der Waals surface area (Å²) in [4.78, 5) is 25.3. The van der Waals surface area contributed by atoms with Crippen LogP contribution in [0.3, 0.4) is 0 Å². The van der Waals surface area contributed by atoms with E-state index in [1.54, 1.807) is 0 Å². The Morgan fingerprint density at radius 2 is 0.677 bits per heavy atom. The van der Waals surface area contributed by atoms with Crippen LogP contribution in [0.15, 0.2) is 146 Å². The Morgan fingerprint density at radius 3 is 1.05 bits per heavy atom. The van der Waals surface area contributed by atoms with Gasteiger partial charge in [0.15, 0.2) is 6.10 Å². The van der Waals surface area contributed by atoms with Crippen molar-refractivity contribution in [3.8, 4) is 0 Å². The first-order valence-electron chi connectivity index (χ1n) is 24.4. The van der Waals surface area contributed by atoms with Gasteiger partial charge in [-0.1, -0.05) is 179 Å². The number of hydrogen-bond acceptors (Lipinski definition) is 5. The molecule has 5 heteroatoms. The second-order valence-electron chi connectivity index (χ2n) is 15.2. The molecule has 0 spiro atoms. The summed E-state index contributed by atoms with van der Waals surface area (Å²) in [5.74, 6) is -0.513. The van der Waals surface area contributed by atoms with E-state index in [4.69, 9.17) is 14.2 Å². The molecule has 0 aromatic heterocycles. The molecular weight excluding hydrogens is 765 g/mol. The molecule has 5 nitrogen and oxygen atoms in total. The van der Waals surface area contributed by atoms with Gasteiger partial charge in [-0.3, -0.25) is 9.59 Å². The van der Waals surface area contributed by atoms with Crippen molar-refractivity contribution in [3.63, 3.8) is 0 Å². The molecule has 0 N–H and O–H groups in total. The molecule has 0 aliphatic rings. The lowest BCUT2D eigenvalue weighted by atomic mass is 10.1. The number of carbonyl (C=O) groups excluding carboxylic acids is 2. The third kappa shape index (κ3) is 48.4. The van der Waals surface area contributed by atoms with Crippen LogP contribution in [0.2, 0.25) is 0 Å². The minimum Gasteiger partial charge on any atom is -0.462 e. The highest BCUT2D eigenvalue weighted by atomic mass is 16.6. The molecule has 0 fully saturated rings. The number of allylic oxidation sites excluding steroid dienone is 24. The lowest BCUT2D eigenvalue weighted by Gasteiger charge is -2.18. The Morgan fingerprint density at radius 1 is 0.355 bits per heavy atom. The van der Waals surface area contributed by atoms with Crippen LogP contribution in [0.25, 0.3) is 0 Å². The van der Waals surface area contributed by atoms with E-state index >= 15 is 0 Å². The van der Waals surface area contributed by atoms with Crippen molar-refractivity contribution in [2.24, 2.45) is 0 Å². The summed E-state index contributed by atoms with van der Waals surface area (Å²) in [6.07, 6.45) is 74.4. The molecule has 0 rings (SSSR count). The van der Waals surface area contributed by atoms with Crippen LogP contribution in [0.4, 0.5) is 0 Å². The normalized spacial score (nSPS) is 13.5. The number of carbonyl (C=O) groups is 2. The van der Waals surface area contributed by atoms with E-state index in [9.17, 15) is 9.59 Å². The van der Waals surface area contributed by atoms with E-state index in [0.29, 0.717) is 19.4 Å². The molecule has 0 heterocycles. The molecular formula is C57H88O5. The van der Waals surface area contributed by atoms with Crippen molar-refractivity contribution in [3.05, 3.63) is 146 Å². The van der Waals surface area contributed by atoms with Crippen LogP contribution in [0, 0.1) is 0 Å². The van der Waals surface area contributed by atoms with E-state index in [-0.39, 0.29) is 25.2 Å². The van der Waals surface area contributed by atoms with Gasteiger partial charge in [0.1, 0.15) is 6.61 Å². The van der Waals surface area contributed by atoms with E-state index in [0.717, 1.165) is 141 Å². The number of hydrogen-bond donors (Lipinski definition) is 0. The van der Waals surface area contributed by atoms with Crippen molar-refractivity contribution in [2.75, 3.05) is 19.8 Å². The first-order chi connectivity index (χ1) is 30.6. The minimum atomic E-state index is -0.604. The van der Waals surface area contributed by atoms with Gasteiger partial charge in [0.2, 0.25) is 0 Å². The standard InChI is InChI=1S/C57H88O5/c1-4-7-10-13-16-19-22-25-26-27-28-29-30-31-34-37-40-43-46-49-52-60-53-55(62-57(59)51-48-45-42-39-36-33-24-21-18-15-12-9-6-3)54-61-56(58)50-47-44-41-38-35-32-23-20-17-14-11-8-5-2/h7-12,16-21,25-26,28-29,31-36,40,43,55H,4-6,13-15,22-24,27,30,37-39,41-42,44-54H2,1-3H3/b10-7-,11-8-,12-9-,19-16-,20-17-,21-18-,26-25-,29-28-,34-31-,35-32-,36-33-,43-40-. The monoisotopic (exact) mass is 853 g/mol. The summed E-state index contributed by atoms with van der Waals surface area (Å²) in [6.45, 7) is 7.24. The largest absolute Gasteiger partial charge is 0.462 e. The number of ether oxygens (including phenoxy) is 3. The second-order valence-corrected chi connectivity index (χ2v) is 15.2. The summed E-state index contributed by atoms with van der Waals surface area (Å²) in [6, 6.07) is 0. The maximum atomic E-state index is 12.8. The predicted molar refractivity (Wildman–Crippen MR) is 269 cm³/mol. The molecule has 0 saturated carbocycles. The van der Waals surface area contributed by atoms with Crippen LogP contribution < -0.4 is 0 Å². The second kappa shape index (κ2) is 51.1. The zero-order valence-corrected chi connectivity index (χ0v) is 39.6. The molecule has 0 bridgehead atoms. The molecule has 0 aliphatic carbocycles. The zero-order valence-electron chi connectivity index (χ0n) is 39.6. The smallest absolute Gasteiger partial charge is 0.306 e. The lowest BCUT2D eigenvalue weighted by Crippen LogP contribution is -2.30. The zero-order chi connectivity index (χ0) is 44.9. The van der Waals surface area contributed by atoms with Crippen molar-refractivity contribution in [1.29, 1.82) is 0 Å². The van der Waals surface area contributed by atoms with Crippen LogP contribution in [-0.2, 0) is 23.8 Å². The minimum absolute atomic E-state index is 0.0242. The Bertz CT molecular complexity index is 1380. The van der Waals surface area contributed by atoms with Gasteiger partial charge in [-0.25, -0.2) is 0 Å². The van der Waals surface area contributed by atoms with Crippen LogP contribution >= 0.6 is 0 Å². The Hall–Kier alpha value is -4.22. The summed E-state index contributed by atoms with van der Waals surface area (Å²) in [7, 11) is 0. The molecule has 346 valence electrons.